The Labute approximate surface area is 70.4 Å². The molecule has 0 saturated carbocycles. The molecule has 0 amide bonds. The molecule has 4 nitrogen and oxygen atoms in total. The summed E-state index contributed by atoms with van der Waals surface area (Å²) in [5.41, 5.74) is 5.32. The van der Waals surface area contributed by atoms with Crippen molar-refractivity contribution >= 4 is 17.2 Å². The monoisotopic (exact) mass is 170 g/mol. The van der Waals surface area contributed by atoms with E-state index in [0.717, 1.165) is 0 Å². The van der Waals surface area contributed by atoms with Crippen molar-refractivity contribution in [1.82, 2.24) is 14.8 Å². The standard InChI is InChI=1S/C6H10N4S/c1-4(2)10-3-8-6(9-10)5(7)11/h3-4H,1-2H3,(H2,7,11). The summed E-state index contributed by atoms with van der Waals surface area (Å²) in [6.07, 6.45) is 1.62. The fourth-order valence-corrected chi connectivity index (χ4v) is 0.730. The van der Waals surface area contributed by atoms with Gasteiger partial charge in [0.1, 0.15) is 11.3 Å². The van der Waals surface area contributed by atoms with Gasteiger partial charge in [0.05, 0.1) is 0 Å². The van der Waals surface area contributed by atoms with E-state index in [0.29, 0.717) is 11.9 Å². The topological polar surface area (TPSA) is 56.7 Å². The van der Waals surface area contributed by atoms with Crippen LogP contribution >= 0.6 is 12.2 Å². The number of nitrogens with zero attached hydrogens (tertiary/aromatic N) is 3. The summed E-state index contributed by atoms with van der Waals surface area (Å²) >= 11 is 4.70. The van der Waals surface area contributed by atoms with Crippen molar-refractivity contribution in [2.75, 3.05) is 0 Å². The van der Waals surface area contributed by atoms with Crippen molar-refractivity contribution in [2.45, 2.75) is 19.9 Å². The van der Waals surface area contributed by atoms with Gasteiger partial charge in [-0.15, -0.1) is 5.10 Å². The molecule has 1 rings (SSSR count). The Morgan fingerprint density at radius 1 is 1.73 bits per heavy atom. The molecule has 11 heavy (non-hydrogen) atoms. The van der Waals surface area contributed by atoms with Gasteiger partial charge in [0.15, 0.2) is 0 Å². The highest BCUT2D eigenvalue weighted by Gasteiger charge is 2.04. The lowest BCUT2D eigenvalue weighted by Crippen LogP contribution is -2.12. The molecular weight excluding hydrogens is 160 g/mol. The Morgan fingerprint density at radius 2 is 2.36 bits per heavy atom. The first-order valence-electron chi connectivity index (χ1n) is 3.32. The molecule has 0 saturated heterocycles. The van der Waals surface area contributed by atoms with Gasteiger partial charge >= 0.3 is 0 Å². The predicted molar refractivity (Wildman–Crippen MR) is 46.3 cm³/mol. The van der Waals surface area contributed by atoms with Gasteiger partial charge in [-0.1, -0.05) is 12.2 Å². The van der Waals surface area contributed by atoms with E-state index < -0.39 is 0 Å². The quantitative estimate of drug-likeness (QED) is 0.656. The van der Waals surface area contributed by atoms with Gasteiger partial charge in [0, 0.05) is 6.04 Å². The van der Waals surface area contributed by atoms with Crippen LogP contribution in [0.1, 0.15) is 25.7 Å². The zero-order chi connectivity index (χ0) is 8.43. The summed E-state index contributed by atoms with van der Waals surface area (Å²) in [7, 11) is 0. The van der Waals surface area contributed by atoms with Crippen molar-refractivity contribution in [3.8, 4) is 0 Å². The molecule has 0 unspecified atom stereocenters. The first kappa shape index (κ1) is 8.13. The number of hydrogen-bond donors (Lipinski definition) is 1. The van der Waals surface area contributed by atoms with Crippen LogP contribution in [0.5, 0.6) is 0 Å². The molecule has 1 aromatic rings. The third-order valence-electron chi connectivity index (χ3n) is 1.26. The lowest BCUT2D eigenvalue weighted by Gasteiger charge is -2.01. The van der Waals surface area contributed by atoms with Crippen LogP contribution in [0.25, 0.3) is 0 Å². The fourth-order valence-electron chi connectivity index (χ4n) is 0.637. The molecular formula is C6H10N4S. The van der Waals surface area contributed by atoms with Crippen molar-refractivity contribution in [1.29, 1.82) is 0 Å². The molecule has 0 atom stereocenters. The van der Waals surface area contributed by atoms with E-state index in [9.17, 15) is 0 Å². The molecule has 2 N–H and O–H groups in total. The predicted octanol–water partition coefficient (Wildman–Crippen LogP) is 0.493. The number of aromatic nitrogens is 3. The van der Waals surface area contributed by atoms with Crippen LogP contribution in [0, 0.1) is 0 Å². The van der Waals surface area contributed by atoms with E-state index in [1.165, 1.54) is 0 Å². The second kappa shape index (κ2) is 2.96. The minimum absolute atomic E-state index is 0.240. The van der Waals surface area contributed by atoms with Crippen molar-refractivity contribution in [3.05, 3.63) is 12.2 Å². The van der Waals surface area contributed by atoms with Crippen LogP contribution in [-0.4, -0.2) is 19.8 Å². The number of hydrogen-bond acceptors (Lipinski definition) is 3. The van der Waals surface area contributed by atoms with E-state index in [1.807, 2.05) is 13.8 Å². The summed E-state index contributed by atoms with van der Waals surface area (Å²) in [5, 5.41) is 4.05. The van der Waals surface area contributed by atoms with Crippen LogP contribution in [0.4, 0.5) is 0 Å². The molecule has 0 aliphatic heterocycles. The van der Waals surface area contributed by atoms with Gasteiger partial charge < -0.3 is 5.73 Å². The molecule has 0 bridgehead atoms. The van der Waals surface area contributed by atoms with Gasteiger partial charge in [-0.3, -0.25) is 0 Å². The van der Waals surface area contributed by atoms with Gasteiger partial charge in [-0.05, 0) is 13.8 Å². The van der Waals surface area contributed by atoms with E-state index in [4.69, 9.17) is 18.0 Å². The fraction of sp³-hybridized carbons (Fsp3) is 0.500. The first-order chi connectivity index (χ1) is 5.11. The Hall–Kier alpha value is -0.970. The zero-order valence-electron chi connectivity index (χ0n) is 6.48. The maximum absolute atomic E-state index is 5.32. The molecule has 0 aliphatic rings. The Kier molecular flexibility index (Phi) is 2.19. The molecule has 1 aromatic heterocycles. The van der Waals surface area contributed by atoms with Crippen molar-refractivity contribution in [2.24, 2.45) is 5.73 Å². The molecule has 0 aliphatic carbocycles. The van der Waals surface area contributed by atoms with Crippen LogP contribution in [0.15, 0.2) is 6.33 Å². The van der Waals surface area contributed by atoms with E-state index in [-0.39, 0.29) is 4.99 Å². The van der Waals surface area contributed by atoms with Crippen LogP contribution < -0.4 is 5.73 Å². The normalized spacial score (nSPS) is 10.5. The van der Waals surface area contributed by atoms with Gasteiger partial charge in [-0.25, -0.2) is 9.67 Å². The molecule has 60 valence electrons. The highest BCUT2D eigenvalue weighted by atomic mass is 32.1. The summed E-state index contributed by atoms with van der Waals surface area (Å²) in [5.74, 6) is 0.439. The SMILES string of the molecule is CC(C)n1cnc(C(N)=S)n1. The second-order valence-corrected chi connectivity index (χ2v) is 2.95. The maximum Gasteiger partial charge on any atom is 0.208 e. The summed E-state index contributed by atoms with van der Waals surface area (Å²) in [6, 6.07) is 0.297. The van der Waals surface area contributed by atoms with E-state index >= 15 is 0 Å². The smallest absolute Gasteiger partial charge is 0.208 e. The summed E-state index contributed by atoms with van der Waals surface area (Å²) < 4.78 is 1.72. The highest BCUT2D eigenvalue weighted by molar-refractivity contribution is 7.80. The van der Waals surface area contributed by atoms with Crippen LogP contribution in [-0.2, 0) is 0 Å². The number of thiocarbonyl (C=S) groups is 1. The largest absolute Gasteiger partial charge is 0.387 e. The Balaban J connectivity index is 2.90. The number of rotatable bonds is 2. The minimum Gasteiger partial charge on any atom is -0.387 e. The van der Waals surface area contributed by atoms with Crippen LogP contribution in [0.3, 0.4) is 0 Å². The molecule has 1 heterocycles. The first-order valence-corrected chi connectivity index (χ1v) is 3.73. The van der Waals surface area contributed by atoms with Crippen LogP contribution in [0.2, 0.25) is 0 Å². The average Bonchev–Trinajstić information content (AvgIpc) is 2.33. The third-order valence-corrected chi connectivity index (χ3v) is 1.44. The molecule has 5 heteroatoms. The summed E-state index contributed by atoms with van der Waals surface area (Å²) in [6.45, 7) is 4.02. The second-order valence-electron chi connectivity index (χ2n) is 2.51. The summed E-state index contributed by atoms with van der Waals surface area (Å²) in [4.78, 5) is 4.16. The third kappa shape index (κ3) is 1.74. The van der Waals surface area contributed by atoms with Crippen molar-refractivity contribution < 1.29 is 0 Å². The number of nitrogens with two attached hydrogens (primary N) is 1. The maximum atomic E-state index is 5.32. The zero-order valence-corrected chi connectivity index (χ0v) is 7.30. The molecule has 0 radical (unpaired) electrons. The van der Waals surface area contributed by atoms with Gasteiger partial charge in [0.25, 0.3) is 0 Å². The average molecular weight is 170 g/mol. The molecule has 0 fully saturated rings. The van der Waals surface area contributed by atoms with Crippen molar-refractivity contribution in [3.63, 3.8) is 0 Å². The highest BCUT2D eigenvalue weighted by Crippen LogP contribution is 2.00. The lowest BCUT2D eigenvalue weighted by atomic mass is 10.4. The Morgan fingerprint density at radius 3 is 2.64 bits per heavy atom. The van der Waals surface area contributed by atoms with E-state index in [1.54, 1.807) is 11.0 Å². The molecule has 0 spiro atoms. The molecule has 0 aromatic carbocycles. The van der Waals surface area contributed by atoms with E-state index in [2.05, 4.69) is 10.1 Å². The minimum atomic E-state index is 0.240. The lowest BCUT2D eigenvalue weighted by molar-refractivity contribution is 0.530. The Bertz CT molecular complexity index is 265. The van der Waals surface area contributed by atoms with Gasteiger partial charge in [-0.2, -0.15) is 0 Å². The van der Waals surface area contributed by atoms with Gasteiger partial charge in [0.2, 0.25) is 5.82 Å².